The van der Waals surface area contributed by atoms with Gasteiger partial charge in [0.25, 0.3) is 0 Å². The third kappa shape index (κ3) is 2.67. The number of hydrogen-bond acceptors (Lipinski definition) is 3. The highest BCUT2D eigenvalue weighted by Gasteiger charge is 2.12. The number of ether oxygens (including phenoxy) is 1. The summed E-state index contributed by atoms with van der Waals surface area (Å²) in [4.78, 5) is 1.13. The lowest BCUT2D eigenvalue weighted by atomic mass is 10.0. The van der Waals surface area contributed by atoms with Crippen LogP contribution in [-0.2, 0) is 6.42 Å². The fourth-order valence-corrected chi connectivity index (χ4v) is 2.31. The first-order valence-electron chi connectivity index (χ1n) is 5.06. The van der Waals surface area contributed by atoms with Gasteiger partial charge in [0.15, 0.2) is 0 Å². The molecule has 0 radical (unpaired) electrons. The molecule has 1 rings (SSSR count). The Bertz CT molecular complexity index is 335. The highest BCUT2D eigenvalue weighted by molar-refractivity contribution is 7.98. The maximum atomic E-state index is 9.65. The second-order valence-electron chi connectivity index (χ2n) is 3.44. The second kappa shape index (κ2) is 5.42. The zero-order chi connectivity index (χ0) is 11.4. The van der Waals surface area contributed by atoms with Crippen LogP contribution in [0.4, 0.5) is 0 Å². The van der Waals surface area contributed by atoms with Crippen LogP contribution in [0.5, 0.6) is 5.75 Å². The van der Waals surface area contributed by atoms with E-state index in [1.165, 1.54) is 5.56 Å². The van der Waals surface area contributed by atoms with E-state index >= 15 is 0 Å². The molecule has 84 valence electrons. The van der Waals surface area contributed by atoms with Crippen molar-refractivity contribution < 1.29 is 9.84 Å². The number of methoxy groups -OCH3 is 1. The van der Waals surface area contributed by atoms with Gasteiger partial charge in [-0.1, -0.05) is 6.92 Å². The molecule has 0 bridgehead atoms. The van der Waals surface area contributed by atoms with Crippen LogP contribution in [0.2, 0.25) is 0 Å². The smallest absolute Gasteiger partial charge is 0.122 e. The van der Waals surface area contributed by atoms with Crippen molar-refractivity contribution in [2.24, 2.45) is 0 Å². The molecule has 3 heteroatoms. The van der Waals surface area contributed by atoms with Gasteiger partial charge in [0.1, 0.15) is 5.75 Å². The molecule has 2 nitrogen and oxygen atoms in total. The van der Waals surface area contributed by atoms with Gasteiger partial charge in [0.05, 0.1) is 13.2 Å². The fraction of sp³-hybridized carbons (Fsp3) is 0.500. The lowest BCUT2D eigenvalue weighted by Crippen LogP contribution is -1.99. The van der Waals surface area contributed by atoms with Gasteiger partial charge in [0, 0.05) is 4.90 Å². The third-order valence-corrected chi connectivity index (χ3v) is 3.26. The first-order valence-corrected chi connectivity index (χ1v) is 6.29. The molecule has 0 saturated heterocycles. The first-order chi connectivity index (χ1) is 7.13. The number of aliphatic hydroxyl groups is 1. The van der Waals surface area contributed by atoms with E-state index in [4.69, 9.17) is 4.74 Å². The van der Waals surface area contributed by atoms with Crippen molar-refractivity contribution in [3.63, 3.8) is 0 Å². The predicted molar refractivity (Wildman–Crippen MR) is 64.8 cm³/mol. The zero-order valence-corrected chi connectivity index (χ0v) is 10.5. The van der Waals surface area contributed by atoms with Crippen LogP contribution >= 0.6 is 11.8 Å². The summed E-state index contributed by atoms with van der Waals surface area (Å²) in [7, 11) is 1.67. The molecule has 1 aromatic rings. The van der Waals surface area contributed by atoms with Gasteiger partial charge in [0.2, 0.25) is 0 Å². The Kier molecular flexibility index (Phi) is 4.48. The molecule has 0 fully saturated rings. The van der Waals surface area contributed by atoms with Gasteiger partial charge in [-0.15, -0.1) is 11.8 Å². The lowest BCUT2D eigenvalue weighted by Gasteiger charge is -2.15. The molecule has 0 aliphatic carbocycles. The van der Waals surface area contributed by atoms with E-state index < -0.39 is 6.10 Å². The van der Waals surface area contributed by atoms with Crippen molar-refractivity contribution in [2.45, 2.75) is 31.3 Å². The third-order valence-electron chi connectivity index (χ3n) is 2.46. The van der Waals surface area contributed by atoms with Crippen LogP contribution in [-0.4, -0.2) is 18.5 Å². The summed E-state index contributed by atoms with van der Waals surface area (Å²) >= 11 is 1.66. The average Bonchev–Trinajstić information content (AvgIpc) is 2.26. The topological polar surface area (TPSA) is 29.5 Å². The molecule has 0 aromatic heterocycles. The minimum atomic E-state index is -0.452. The van der Waals surface area contributed by atoms with E-state index in [9.17, 15) is 5.11 Å². The monoisotopic (exact) mass is 226 g/mol. The Hall–Kier alpha value is -0.670. The van der Waals surface area contributed by atoms with E-state index in [1.54, 1.807) is 25.8 Å². The number of aliphatic hydroxyl groups excluding tert-OH is 1. The van der Waals surface area contributed by atoms with Gasteiger partial charge in [-0.05, 0) is 42.9 Å². The Balaban J connectivity index is 3.27. The number of thioether (sulfide) groups is 1. The highest BCUT2D eigenvalue weighted by atomic mass is 32.2. The molecular weight excluding hydrogens is 208 g/mol. The molecule has 1 N–H and O–H groups in total. The van der Waals surface area contributed by atoms with E-state index in [1.807, 2.05) is 12.3 Å². The molecule has 0 aliphatic heterocycles. The number of rotatable bonds is 4. The highest BCUT2D eigenvalue weighted by Crippen LogP contribution is 2.32. The summed E-state index contributed by atoms with van der Waals surface area (Å²) in [5.41, 5.74) is 2.13. The molecule has 0 aliphatic rings. The molecule has 0 saturated carbocycles. The van der Waals surface area contributed by atoms with Crippen LogP contribution in [0.3, 0.4) is 0 Å². The summed E-state index contributed by atoms with van der Waals surface area (Å²) in [5.74, 6) is 0.867. The first kappa shape index (κ1) is 12.4. The maximum absolute atomic E-state index is 9.65. The molecule has 15 heavy (non-hydrogen) atoms. The van der Waals surface area contributed by atoms with Crippen LogP contribution in [0.15, 0.2) is 17.0 Å². The van der Waals surface area contributed by atoms with Crippen LogP contribution in [0.25, 0.3) is 0 Å². The van der Waals surface area contributed by atoms with Crippen LogP contribution in [0.1, 0.15) is 31.1 Å². The molecule has 0 amide bonds. The largest absolute Gasteiger partial charge is 0.496 e. The van der Waals surface area contributed by atoms with Crippen LogP contribution < -0.4 is 4.74 Å². The number of benzene rings is 1. The van der Waals surface area contributed by atoms with Crippen molar-refractivity contribution in [2.75, 3.05) is 13.4 Å². The summed E-state index contributed by atoms with van der Waals surface area (Å²) in [6.45, 7) is 3.88. The Labute approximate surface area is 95.7 Å². The predicted octanol–water partition coefficient (Wildman–Crippen LogP) is 3.03. The van der Waals surface area contributed by atoms with Gasteiger partial charge < -0.3 is 9.84 Å². The maximum Gasteiger partial charge on any atom is 0.122 e. The Morgan fingerprint density at radius 2 is 2.13 bits per heavy atom. The van der Waals surface area contributed by atoms with E-state index in [0.717, 1.165) is 22.6 Å². The molecule has 1 unspecified atom stereocenters. The summed E-state index contributed by atoms with van der Waals surface area (Å²) in [6, 6.07) is 4.04. The normalized spacial score (nSPS) is 12.6. The second-order valence-corrected chi connectivity index (χ2v) is 4.28. The van der Waals surface area contributed by atoms with Gasteiger partial charge >= 0.3 is 0 Å². The quantitative estimate of drug-likeness (QED) is 0.800. The summed E-state index contributed by atoms with van der Waals surface area (Å²) < 4.78 is 5.31. The molecule has 0 heterocycles. The van der Waals surface area contributed by atoms with Crippen molar-refractivity contribution in [1.29, 1.82) is 0 Å². The molecule has 0 spiro atoms. The number of hydrogen-bond donors (Lipinski definition) is 1. The standard InChI is InChI=1S/C12H18O2S/c1-5-9-6-12(15-4)10(8(2)13)7-11(9)14-3/h6-8,13H,5H2,1-4H3. The molecule has 1 atom stereocenters. The van der Waals surface area contributed by atoms with E-state index in [-0.39, 0.29) is 0 Å². The Morgan fingerprint density at radius 3 is 2.53 bits per heavy atom. The lowest BCUT2D eigenvalue weighted by molar-refractivity contribution is 0.196. The van der Waals surface area contributed by atoms with Crippen molar-refractivity contribution in [1.82, 2.24) is 0 Å². The minimum absolute atomic E-state index is 0.452. The summed E-state index contributed by atoms with van der Waals surface area (Å²) in [6.07, 6.45) is 2.51. The van der Waals surface area contributed by atoms with Gasteiger partial charge in [-0.25, -0.2) is 0 Å². The average molecular weight is 226 g/mol. The van der Waals surface area contributed by atoms with E-state index in [2.05, 4.69) is 13.0 Å². The van der Waals surface area contributed by atoms with Gasteiger partial charge in [-0.2, -0.15) is 0 Å². The molecular formula is C12H18O2S. The van der Waals surface area contributed by atoms with Crippen molar-refractivity contribution in [3.05, 3.63) is 23.3 Å². The Morgan fingerprint density at radius 1 is 1.47 bits per heavy atom. The zero-order valence-electron chi connectivity index (χ0n) is 9.70. The molecule has 1 aromatic carbocycles. The SMILES string of the molecule is CCc1cc(SC)c(C(C)O)cc1OC. The van der Waals surface area contributed by atoms with Crippen LogP contribution in [0, 0.1) is 0 Å². The van der Waals surface area contributed by atoms with E-state index in [0.29, 0.717) is 0 Å². The number of aryl methyl sites for hydroxylation is 1. The van der Waals surface area contributed by atoms with Crippen molar-refractivity contribution in [3.8, 4) is 5.75 Å². The minimum Gasteiger partial charge on any atom is -0.496 e. The van der Waals surface area contributed by atoms with Gasteiger partial charge in [-0.3, -0.25) is 0 Å². The fourth-order valence-electron chi connectivity index (χ4n) is 1.59. The van der Waals surface area contributed by atoms with Crippen molar-refractivity contribution >= 4 is 11.8 Å². The summed E-state index contributed by atoms with van der Waals surface area (Å²) in [5, 5.41) is 9.65.